The smallest absolute Gasteiger partial charge is 0.335 e. The first kappa shape index (κ1) is 19.0. The molecule has 1 aromatic rings. The topological polar surface area (TPSA) is 46.5 Å². The molecule has 0 saturated heterocycles. The number of benzene rings is 1. The molecule has 0 aromatic heterocycles. The third kappa shape index (κ3) is 5.09. The molecular formula is C22H28O3. The van der Waals surface area contributed by atoms with E-state index in [-0.39, 0.29) is 6.10 Å². The van der Waals surface area contributed by atoms with Crippen LogP contribution in [0, 0.1) is 0 Å². The van der Waals surface area contributed by atoms with Crippen molar-refractivity contribution < 1.29 is 14.6 Å². The van der Waals surface area contributed by atoms with Gasteiger partial charge in [0.05, 0.1) is 5.56 Å². The summed E-state index contributed by atoms with van der Waals surface area (Å²) in [5.41, 5.74) is 5.99. The molecule has 1 atom stereocenters. The number of carboxylic acid groups (broad SMARTS) is 1. The van der Waals surface area contributed by atoms with Crippen molar-refractivity contribution in [1.29, 1.82) is 0 Å². The van der Waals surface area contributed by atoms with Crippen LogP contribution in [-0.2, 0) is 12.8 Å². The highest BCUT2D eigenvalue weighted by Crippen LogP contribution is 2.36. The van der Waals surface area contributed by atoms with E-state index in [0.29, 0.717) is 12.0 Å². The van der Waals surface area contributed by atoms with Crippen LogP contribution < -0.4 is 4.74 Å². The van der Waals surface area contributed by atoms with Gasteiger partial charge >= 0.3 is 5.97 Å². The van der Waals surface area contributed by atoms with Crippen molar-refractivity contribution in [3.8, 4) is 5.75 Å². The fourth-order valence-corrected chi connectivity index (χ4v) is 2.90. The third-order valence-electron chi connectivity index (χ3n) is 4.36. The molecule has 0 bridgehead atoms. The summed E-state index contributed by atoms with van der Waals surface area (Å²) in [6.07, 6.45) is 8.81. The predicted octanol–water partition coefficient (Wildman–Crippen LogP) is 5.50. The Morgan fingerprint density at radius 2 is 1.80 bits per heavy atom. The maximum Gasteiger partial charge on any atom is 0.335 e. The Hall–Kier alpha value is -2.29. The fraction of sp³-hybridized carbons (Fsp3) is 0.409. The quantitative estimate of drug-likeness (QED) is 0.696. The van der Waals surface area contributed by atoms with Gasteiger partial charge in [0, 0.05) is 6.42 Å². The van der Waals surface area contributed by atoms with Crippen LogP contribution in [0.2, 0.25) is 0 Å². The third-order valence-corrected chi connectivity index (χ3v) is 4.36. The lowest BCUT2D eigenvalue weighted by Gasteiger charge is -2.13. The summed E-state index contributed by atoms with van der Waals surface area (Å²) < 4.78 is 6.21. The molecule has 3 heteroatoms. The maximum atomic E-state index is 11.4. The van der Waals surface area contributed by atoms with Gasteiger partial charge in [-0.1, -0.05) is 29.4 Å². The largest absolute Gasteiger partial charge is 0.485 e. The highest BCUT2D eigenvalue weighted by atomic mass is 16.5. The fourth-order valence-electron chi connectivity index (χ4n) is 2.90. The van der Waals surface area contributed by atoms with E-state index in [1.807, 2.05) is 13.8 Å². The van der Waals surface area contributed by atoms with E-state index in [2.05, 4.69) is 39.0 Å². The summed E-state index contributed by atoms with van der Waals surface area (Å²) >= 11 is 0. The molecule has 2 rings (SSSR count). The van der Waals surface area contributed by atoms with E-state index in [0.717, 1.165) is 29.7 Å². The van der Waals surface area contributed by atoms with Crippen LogP contribution in [0.15, 0.2) is 47.1 Å². The van der Waals surface area contributed by atoms with Gasteiger partial charge in [0.15, 0.2) is 0 Å². The SMILES string of the molecule is CC(C)=CCC=C(C)[C@@H]1Cc2cc(C(=O)O)cc(CC=C(C)C)c2O1. The van der Waals surface area contributed by atoms with E-state index in [4.69, 9.17) is 4.74 Å². The van der Waals surface area contributed by atoms with Crippen LogP contribution in [0.5, 0.6) is 5.75 Å². The summed E-state index contributed by atoms with van der Waals surface area (Å²) in [5, 5.41) is 9.39. The van der Waals surface area contributed by atoms with Gasteiger partial charge in [-0.15, -0.1) is 0 Å². The molecule has 1 aliphatic rings. The molecule has 0 aliphatic carbocycles. The van der Waals surface area contributed by atoms with E-state index < -0.39 is 5.97 Å². The van der Waals surface area contributed by atoms with Gasteiger partial charge in [-0.05, 0) is 76.3 Å². The van der Waals surface area contributed by atoms with Crippen LogP contribution in [-0.4, -0.2) is 17.2 Å². The average Bonchev–Trinajstić information content (AvgIpc) is 2.96. The zero-order chi connectivity index (χ0) is 18.6. The summed E-state index contributed by atoms with van der Waals surface area (Å²) in [7, 11) is 0. The zero-order valence-corrected chi connectivity index (χ0v) is 15.8. The van der Waals surface area contributed by atoms with Crippen molar-refractivity contribution in [2.24, 2.45) is 0 Å². The van der Waals surface area contributed by atoms with Gasteiger partial charge in [-0.2, -0.15) is 0 Å². The van der Waals surface area contributed by atoms with Crippen LogP contribution in [0.25, 0.3) is 0 Å². The number of carboxylic acids is 1. The van der Waals surface area contributed by atoms with Gasteiger partial charge in [-0.25, -0.2) is 4.79 Å². The Balaban J connectivity index is 2.28. The molecule has 0 amide bonds. The van der Waals surface area contributed by atoms with Crippen molar-refractivity contribution in [3.05, 3.63) is 63.8 Å². The van der Waals surface area contributed by atoms with Crippen molar-refractivity contribution in [3.63, 3.8) is 0 Å². The molecule has 0 fully saturated rings. The Bertz CT molecular complexity index is 743. The summed E-state index contributed by atoms with van der Waals surface area (Å²) in [6, 6.07) is 3.50. The average molecular weight is 340 g/mol. The maximum absolute atomic E-state index is 11.4. The number of hydrogen-bond acceptors (Lipinski definition) is 2. The lowest BCUT2D eigenvalue weighted by atomic mass is 9.98. The minimum Gasteiger partial charge on any atom is -0.485 e. The molecule has 0 spiro atoms. The second kappa shape index (κ2) is 8.19. The van der Waals surface area contributed by atoms with E-state index in [1.54, 1.807) is 12.1 Å². The molecule has 1 N–H and O–H groups in total. The van der Waals surface area contributed by atoms with Crippen LogP contribution in [0.4, 0.5) is 0 Å². The van der Waals surface area contributed by atoms with Crippen molar-refractivity contribution in [1.82, 2.24) is 0 Å². The molecule has 0 saturated carbocycles. The van der Waals surface area contributed by atoms with Crippen molar-refractivity contribution in [2.45, 2.75) is 60.0 Å². The van der Waals surface area contributed by atoms with Crippen molar-refractivity contribution in [2.75, 3.05) is 0 Å². The molecule has 134 valence electrons. The second-order valence-electron chi connectivity index (χ2n) is 7.19. The van der Waals surface area contributed by atoms with E-state index in [1.165, 1.54) is 16.7 Å². The first-order valence-electron chi connectivity index (χ1n) is 8.77. The van der Waals surface area contributed by atoms with Gasteiger partial charge in [0.25, 0.3) is 0 Å². The van der Waals surface area contributed by atoms with Crippen LogP contribution in [0.1, 0.15) is 62.5 Å². The molecule has 1 aromatic carbocycles. The summed E-state index contributed by atoms with van der Waals surface area (Å²) in [6.45, 7) is 10.4. The first-order valence-corrected chi connectivity index (χ1v) is 8.77. The lowest BCUT2D eigenvalue weighted by molar-refractivity contribution is 0.0696. The predicted molar refractivity (Wildman–Crippen MR) is 102 cm³/mol. The number of rotatable bonds is 6. The van der Waals surface area contributed by atoms with Gasteiger partial charge in [0.2, 0.25) is 0 Å². The van der Waals surface area contributed by atoms with Crippen LogP contribution in [0.3, 0.4) is 0 Å². The van der Waals surface area contributed by atoms with Crippen LogP contribution >= 0.6 is 0 Å². The normalized spacial score (nSPS) is 16.0. The molecule has 0 unspecified atom stereocenters. The monoisotopic (exact) mass is 340 g/mol. The Morgan fingerprint density at radius 3 is 2.40 bits per heavy atom. The summed E-state index contributed by atoms with van der Waals surface area (Å²) in [4.78, 5) is 11.4. The van der Waals surface area contributed by atoms with Crippen molar-refractivity contribution >= 4 is 5.97 Å². The zero-order valence-electron chi connectivity index (χ0n) is 15.8. The number of fused-ring (bicyclic) bond motifs is 1. The Morgan fingerprint density at radius 1 is 1.12 bits per heavy atom. The molecule has 0 radical (unpaired) electrons. The molecular weight excluding hydrogens is 312 g/mol. The highest BCUT2D eigenvalue weighted by Gasteiger charge is 2.27. The molecule has 3 nitrogen and oxygen atoms in total. The Labute approximate surface area is 150 Å². The number of aromatic carboxylic acids is 1. The van der Waals surface area contributed by atoms with E-state index in [9.17, 15) is 9.90 Å². The minimum absolute atomic E-state index is 0.00457. The first-order chi connectivity index (χ1) is 11.8. The second-order valence-corrected chi connectivity index (χ2v) is 7.19. The standard InChI is InChI=1S/C22H28O3/c1-14(2)7-6-8-16(5)20-13-18-12-19(22(23)24)11-17(21(18)25-20)10-9-15(3)4/h7-9,11-12,20H,6,10,13H2,1-5H3,(H,23,24)/t20-/m0/s1. The van der Waals surface area contributed by atoms with Gasteiger partial charge < -0.3 is 9.84 Å². The number of hydrogen-bond donors (Lipinski definition) is 1. The van der Waals surface area contributed by atoms with Gasteiger partial charge in [0.1, 0.15) is 11.9 Å². The van der Waals surface area contributed by atoms with Gasteiger partial charge in [-0.3, -0.25) is 0 Å². The molecule has 1 heterocycles. The minimum atomic E-state index is -0.888. The highest BCUT2D eigenvalue weighted by molar-refractivity contribution is 5.88. The van der Waals surface area contributed by atoms with E-state index >= 15 is 0 Å². The number of ether oxygens (including phenoxy) is 1. The molecule has 25 heavy (non-hydrogen) atoms. The number of allylic oxidation sites excluding steroid dienone is 5. The lowest BCUT2D eigenvalue weighted by Crippen LogP contribution is -2.14. The summed E-state index contributed by atoms with van der Waals surface area (Å²) in [5.74, 6) is -0.0250. The Kier molecular flexibility index (Phi) is 6.24. The molecule has 1 aliphatic heterocycles. The number of carbonyl (C=O) groups is 1.